The zero-order valence-electron chi connectivity index (χ0n) is 7.69. The van der Waals surface area contributed by atoms with E-state index in [4.69, 9.17) is 0 Å². The first kappa shape index (κ1) is 13.4. The molecule has 0 aliphatic heterocycles. The molecule has 0 rings (SSSR count). The quantitative estimate of drug-likeness (QED) is 0.518. The van der Waals surface area contributed by atoms with E-state index in [9.17, 15) is 0 Å². The summed E-state index contributed by atoms with van der Waals surface area (Å²) in [5.74, 6) is 3.32. The summed E-state index contributed by atoms with van der Waals surface area (Å²) in [5.41, 5.74) is 0. The van der Waals surface area contributed by atoms with Crippen molar-refractivity contribution >= 4 is 48.8 Å². The molecule has 0 spiro atoms. The van der Waals surface area contributed by atoms with Crippen LogP contribution in [0.5, 0.6) is 0 Å². The molecule has 12 heavy (non-hydrogen) atoms. The summed E-state index contributed by atoms with van der Waals surface area (Å²) in [5, 5.41) is 0.636. The molecule has 0 aliphatic rings. The maximum Gasteiger partial charge on any atom is 0.0588 e. The number of thiol groups is 2. The molecule has 0 saturated carbocycles. The van der Waals surface area contributed by atoms with Gasteiger partial charge in [0.2, 0.25) is 0 Å². The highest BCUT2D eigenvalue weighted by Gasteiger charge is 2.12. The normalized spacial score (nSPS) is 16.0. The third kappa shape index (κ3) is 6.87. The van der Waals surface area contributed by atoms with Crippen LogP contribution >= 0.6 is 48.8 Å². The van der Waals surface area contributed by atoms with Crippen LogP contribution in [0, 0.1) is 0 Å². The zero-order valence-corrected chi connectivity index (χ0v) is 11.1. The standard InChI is InChI=1S/C8H18S4/c1-3-5-12-8(10)7(2)11-6-4-9/h7-10H,3-6H2,1-2H3. The van der Waals surface area contributed by atoms with E-state index in [0.717, 1.165) is 11.5 Å². The molecule has 2 atom stereocenters. The first-order valence-corrected chi connectivity index (χ1v) is 7.49. The van der Waals surface area contributed by atoms with E-state index >= 15 is 0 Å². The lowest BCUT2D eigenvalue weighted by Gasteiger charge is -2.17. The van der Waals surface area contributed by atoms with Gasteiger partial charge in [0, 0.05) is 11.0 Å². The van der Waals surface area contributed by atoms with Crippen LogP contribution in [0.15, 0.2) is 0 Å². The van der Waals surface area contributed by atoms with Crippen molar-refractivity contribution in [3.63, 3.8) is 0 Å². The smallest absolute Gasteiger partial charge is 0.0588 e. The molecule has 0 aliphatic carbocycles. The van der Waals surface area contributed by atoms with Gasteiger partial charge in [-0.1, -0.05) is 13.8 Å². The van der Waals surface area contributed by atoms with Crippen molar-refractivity contribution in [3.8, 4) is 0 Å². The van der Waals surface area contributed by atoms with E-state index < -0.39 is 0 Å². The summed E-state index contributed by atoms with van der Waals surface area (Å²) < 4.78 is 0.481. The molecule has 0 fully saturated rings. The van der Waals surface area contributed by atoms with Crippen molar-refractivity contribution in [2.75, 3.05) is 17.3 Å². The fourth-order valence-corrected chi connectivity index (χ4v) is 3.45. The van der Waals surface area contributed by atoms with Crippen LogP contribution in [0.1, 0.15) is 20.3 Å². The van der Waals surface area contributed by atoms with E-state index in [1.54, 1.807) is 0 Å². The fourth-order valence-electron chi connectivity index (χ4n) is 0.695. The second kappa shape index (κ2) is 8.97. The molecule has 2 unspecified atom stereocenters. The van der Waals surface area contributed by atoms with Gasteiger partial charge in [0.05, 0.1) is 4.58 Å². The van der Waals surface area contributed by atoms with Crippen LogP contribution in [-0.2, 0) is 0 Å². The molecule has 0 aromatic heterocycles. The Kier molecular flexibility index (Phi) is 10.0. The largest absolute Gasteiger partial charge is 0.179 e. The molecule has 74 valence electrons. The third-order valence-electron chi connectivity index (χ3n) is 1.37. The summed E-state index contributed by atoms with van der Waals surface area (Å²) in [4.78, 5) is 0. The van der Waals surface area contributed by atoms with Gasteiger partial charge in [0.25, 0.3) is 0 Å². The average molecular weight is 242 g/mol. The molecule has 0 saturated heterocycles. The number of thioether (sulfide) groups is 2. The maximum atomic E-state index is 4.55. The van der Waals surface area contributed by atoms with Crippen molar-refractivity contribution in [1.82, 2.24) is 0 Å². The van der Waals surface area contributed by atoms with Gasteiger partial charge in [-0.2, -0.15) is 37.0 Å². The Morgan fingerprint density at radius 1 is 1.25 bits per heavy atom. The van der Waals surface area contributed by atoms with E-state index in [2.05, 4.69) is 39.1 Å². The second-order valence-electron chi connectivity index (χ2n) is 2.56. The number of hydrogen-bond donors (Lipinski definition) is 2. The van der Waals surface area contributed by atoms with Gasteiger partial charge >= 0.3 is 0 Å². The van der Waals surface area contributed by atoms with E-state index in [0.29, 0.717) is 9.83 Å². The monoisotopic (exact) mass is 242 g/mol. The first-order chi connectivity index (χ1) is 5.72. The summed E-state index contributed by atoms with van der Waals surface area (Å²) >= 11 is 12.6. The van der Waals surface area contributed by atoms with E-state index in [-0.39, 0.29) is 0 Å². The van der Waals surface area contributed by atoms with Crippen LogP contribution < -0.4 is 0 Å². The van der Waals surface area contributed by atoms with Gasteiger partial charge in [-0.3, -0.25) is 0 Å². The lowest BCUT2D eigenvalue weighted by molar-refractivity contribution is 1.06. The molecular weight excluding hydrogens is 224 g/mol. The van der Waals surface area contributed by atoms with Gasteiger partial charge in [-0.25, -0.2) is 0 Å². The van der Waals surface area contributed by atoms with Crippen molar-refractivity contribution in [1.29, 1.82) is 0 Å². The topological polar surface area (TPSA) is 0 Å². The van der Waals surface area contributed by atoms with Crippen molar-refractivity contribution in [2.24, 2.45) is 0 Å². The molecule has 0 amide bonds. The van der Waals surface area contributed by atoms with Crippen LogP contribution in [0.2, 0.25) is 0 Å². The minimum atomic E-state index is 0.481. The zero-order chi connectivity index (χ0) is 9.40. The van der Waals surface area contributed by atoms with E-state index in [1.807, 2.05) is 23.5 Å². The van der Waals surface area contributed by atoms with Gasteiger partial charge in [0.15, 0.2) is 0 Å². The molecule has 0 radical (unpaired) electrons. The fraction of sp³-hybridized carbons (Fsp3) is 1.00. The summed E-state index contributed by atoms with van der Waals surface area (Å²) in [7, 11) is 0. The van der Waals surface area contributed by atoms with Crippen LogP contribution in [0.3, 0.4) is 0 Å². The molecule has 0 N–H and O–H groups in total. The summed E-state index contributed by atoms with van der Waals surface area (Å²) in [6.07, 6.45) is 1.24. The predicted molar refractivity (Wildman–Crippen MR) is 71.3 cm³/mol. The highest BCUT2D eigenvalue weighted by Crippen LogP contribution is 2.27. The second-order valence-corrected chi connectivity index (χ2v) is 6.65. The Labute approximate surface area is 95.9 Å². The van der Waals surface area contributed by atoms with Crippen LogP contribution in [0.4, 0.5) is 0 Å². The lowest BCUT2D eigenvalue weighted by Crippen LogP contribution is -2.11. The van der Waals surface area contributed by atoms with Crippen LogP contribution in [0.25, 0.3) is 0 Å². The molecule has 0 aromatic carbocycles. The molecule has 0 nitrogen and oxygen atoms in total. The molecule has 0 bridgehead atoms. The van der Waals surface area contributed by atoms with Crippen molar-refractivity contribution in [3.05, 3.63) is 0 Å². The Morgan fingerprint density at radius 2 is 1.92 bits per heavy atom. The Bertz CT molecular complexity index is 85.1. The average Bonchev–Trinajstić information content (AvgIpc) is 2.10. The SMILES string of the molecule is CCCSC(S)C(C)SCCS. The van der Waals surface area contributed by atoms with Gasteiger partial charge in [-0.05, 0) is 17.9 Å². The minimum Gasteiger partial charge on any atom is -0.179 e. The van der Waals surface area contributed by atoms with Crippen molar-refractivity contribution in [2.45, 2.75) is 30.1 Å². The van der Waals surface area contributed by atoms with E-state index in [1.165, 1.54) is 12.2 Å². The maximum absolute atomic E-state index is 4.55. The minimum absolute atomic E-state index is 0.481. The Balaban J connectivity index is 3.39. The van der Waals surface area contributed by atoms with Gasteiger partial charge in [0.1, 0.15) is 0 Å². The van der Waals surface area contributed by atoms with Gasteiger partial charge < -0.3 is 0 Å². The Morgan fingerprint density at radius 3 is 2.42 bits per heavy atom. The summed E-state index contributed by atoms with van der Waals surface area (Å²) in [6.45, 7) is 4.45. The lowest BCUT2D eigenvalue weighted by atomic mass is 10.5. The molecular formula is C8H18S4. The number of hydrogen-bond acceptors (Lipinski definition) is 4. The molecule has 0 aromatic rings. The predicted octanol–water partition coefficient (Wildman–Crippen LogP) is 3.44. The highest BCUT2D eigenvalue weighted by molar-refractivity contribution is 8.12. The Hall–Kier alpha value is 1.40. The third-order valence-corrected chi connectivity index (χ3v) is 5.79. The highest BCUT2D eigenvalue weighted by atomic mass is 32.2. The first-order valence-electron chi connectivity index (χ1n) is 4.24. The van der Waals surface area contributed by atoms with Crippen LogP contribution in [-0.4, -0.2) is 27.1 Å². The van der Waals surface area contributed by atoms with Crippen molar-refractivity contribution < 1.29 is 0 Å². The molecule has 4 heteroatoms. The van der Waals surface area contributed by atoms with Gasteiger partial charge in [-0.15, -0.1) is 11.8 Å². The number of rotatable bonds is 7. The summed E-state index contributed by atoms with van der Waals surface area (Å²) in [6, 6.07) is 0. The molecule has 0 heterocycles.